The molecule has 4 rings (SSSR count). The van der Waals surface area contributed by atoms with Crippen LogP contribution in [0.2, 0.25) is 5.02 Å². The Kier molecular flexibility index (Phi) is 4.56. The molecule has 0 bridgehead atoms. The Balaban J connectivity index is 1.58. The monoisotopic (exact) mass is 380 g/mol. The minimum atomic E-state index is -0.448. The Morgan fingerprint density at radius 2 is 2.04 bits per heavy atom. The van der Waals surface area contributed by atoms with E-state index < -0.39 is 5.82 Å². The zero-order chi connectivity index (χ0) is 18.8. The van der Waals surface area contributed by atoms with Crippen LogP contribution in [-0.2, 0) is 6.54 Å². The maximum Gasteiger partial charge on any atom is 0.251 e. The van der Waals surface area contributed by atoms with Gasteiger partial charge in [-0.25, -0.2) is 9.37 Å². The van der Waals surface area contributed by atoms with Crippen molar-refractivity contribution < 1.29 is 9.18 Å². The second kappa shape index (κ2) is 7.17. The minimum absolute atomic E-state index is 0.00977. The summed E-state index contributed by atoms with van der Waals surface area (Å²) < 4.78 is 15.7. The van der Waals surface area contributed by atoms with Gasteiger partial charge in [-0.1, -0.05) is 29.8 Å². The number of nitrogens with zero attached hydrogens (tertiary/aromatic N) is 3. The fraction of sp³-hybridized carbons (Fsp3) is 0.0500. The van der Waals surface area contributed by atoms with E-state index in [-0.39, 0.29) is 23.0 Å². The highest BCUT2D eigenvalue weighted by molar-refractivity contribution is 6.31. The summed E-state index contributed by atoms with van der Waals surface area (Å²) in [5, 5.41) is 2.99. The molecule has 134 valence electrons. The molecule has 0 unspecified atom stereocenters. The first-order valence-electron chi connectivity index (χ1n) is 8.22. The highest BCUT2D eigenvalue weighted by atomic mass is 35.5. The average molecular weight is 381 g/mol. The highest BCUT2D eigenvalue weighted by Crippen LogP contribution is 2.22. The molecule has 0 radical (unpaired) electrons. The van der Waals surface area contributed by atoms with Crippen LogP contribution in [0.4, 0.5) is 4.39 Å². The van der Waals surface area contributed by atoms with Crippen molar-refractivity contribution in [3.63, 3.8) is 0 Å². The van der Waals surface area contributed by atoms with Crippen molar-refractivity contribution in [3.05, 3.63) is 89.2 Å². The van der Waals surface area contributed by atoms with Crippen LogP contribution in [0.1, 0.15) is 15.9 Å². The van der Waals surface area contributed by atoms with E-state index in [0.29, 0.717) is 5.56 Å². The van der Waals surface area contributed by atoms with Crippen molar-refractivity contribution in [3.8, 4) is 11.3 Å². The van der Waals surface area contributed by atoms with E-state index in [1.165, 1.54) is 12.1 Å². The lowest BCUT2D eigenvalue weighted by Gasteiger charge is -2.09. The van der Waals surface area contributed by atoms with E-state index in [4.69, 9.17) is 11.6 Å². The second-order valence-electron chi connectivity index (χ2n) is 5.91. The lowest BCUT2D eigenvalue weighted by atomic mass is 10.1. The van der Waals surface area contributed by atoms with E-state index in [1.54, 1.807) is 42.9 Å². The van der Waals surface area contributed by atoms with Gasteiger partial charge in [0.15, 0.2) is 5.65 Å². The number of benzene rings is 2. The molecule has 0 aliphatic carbocycles. The summed E-state index contributed by atoms with van der Waals surface area (Å²) in [7, 11) is 0. The van der Waals surface area contributed by atoms with Gasteiger partial charge in [0, 0.05) is 40.7 Å². The molecule has 0 aliphatic heterocycles. The smallest absolute Gasteiger partial charge is 0.251 e. The Morgan fingerprint density at radius 1 is 1.19 bits per heavy atom. The third-order valence-electron chi connectivity index (χ3n) is 4.23. The molecule has 2 heterocycles. The van der Waals surface area contributed by atoms with Gasteiger partial charge in [-0.3, -0.25) is 14.2 Å². The average Bonchev–Trinajstić information content (AvgIpc) is 3.12. The largest absolute Gasteiger partial charge is 0.348 e. The van der Waals surface area contributed by atoms with Crippen LogP contribution >= 0.6 is 11.6 Å². The summed E-state index contributed by atoms with van der Waals surface area (Å²) in [6.45, 7) is 0.00977. The van der Waals surface area contributed by atoms with Crippen LogP contribution in [-0.4, -0.2) is 20.3 Å². The Labute approximate surface area is 159 Å². The number of hydrogen-bond acceptors (Lipinski definition) is 3. The van der Waals surface area contributed by atoms with E-state index in [9.17, 15) is 9.18 Å². The Morgan fingerprint density at radius 3 is 2.89 bits per heavy atom. The molecular weight excluding hydrogens is 367 g/mol. The van der Waals surface area contributed by atoms with Gasteiger partial charge in [-0.15, -0.1) is 0 Å². The maximum atomic E-state index is 13.9. The molecule has 1 N–H and O–H groups in total. The number of hydrogen-bond donors (Lipinski definition) is 1. The van der Waals surface area contributed by atoms with Crippen LogP contribution in [0, 0.1) is 5.82 Å². The zero-order valence-electron chi connectivity index (χ0n) is 14.1. The van der Waals surface area contributed by atoms with Gasteiger partial charge >= 0.3 is 0 Å². The predicted molar refractivity (Wildman–Crippen MR) is 101 cm³/mol. The normalized spacial score (nSPS) is 10.9. The van der Waals surface area contributed by atoms with Gasteiger partial charge < -0.3 is 5.32 Å². The van der Waals surface area contributed by atoms with E-state index >= 15 is 0 Å². The molecule has 4 aromatic rings. The number of halogens is 2. The number of nitrogens with one attached hydrogen (secondary N) is 1. The summed E-state index contributed by atoms with van der Waals surface area (Å²) in [4.78, 5) is 20.9. The van der Waals surface area contributed by atoms with Crippen LogP contribution in [0.3, 0.4) is 0 Å². The second-order valence-corrected chi connectivity index (χ2v) is 6.32. The van der Waals surface area contributed by atoms with Crippen molar-refractivity contribution in [2.24, 2.45) is 0 Å². The fourth-order valence-electron chi connectivity index (χ4n) is 2.85. The molecule has 5 nitrogen and oxygen atoms in total. The van der Waals surface area contributed by atoms with Crippen molar-refractivity contribution in [2.75, 3.05) is 0 Å². The molecule has 27 heavy (non-hydrogen) atoms. The van der Waals surface area contributed by atoms with Crippen molar-refractivity contribution in [1.29, 1.82) is 0 Å². The number of rotatable bonds is 4. The van der Waals surface area contributed by atoms with Crippen molar-refractivity contribution in [1.82, 2.24) is 19.7 Å². The third-order valence-corrected chi connectivity index (χ3v) is 4.58. The number of imidazole rings is 1. The Bertz CT molecular complexity index is 1120. The van der Waals surface area contributed by atoms with Gasteiger partial charge in [-0.2, -0.15) is 0 Å². The van der Waals surface area contributed by atoms with Crippen molar-refractivity contribution >= 4 is 23.2 Å². The lowest BCUT2D eigenvalue weighted by Crippen LogP contribution is -2.23. The summed E-state index contributed by atoms with van der Waals surface area (Å²) >= 11 is 6.00. The van der Waals surface area contributed by atoms with Gasteiger partial charge in [0.1, 0.15) is 5.82 Å². The van der Waals surface area contributed by atoms with Gasteiger partial charge in [0.05, 0.1) is 18.1 Å². The number of fused-ring (bicyclic) bond motifs is 1. The zero-order valence-corrected chi connectivity index (χ0v) is 14.8. The molecular formula is C20H14ClFN4O. The van der Waals surface area contributed by atoms with Gasteiger partial charge in [-0.05, 0) is 24.3 Å². The van der Waals surface area contributed by atoms with Crippen LogP contribution in [0.5, 0.6) is 0 Å². The van der Waals surface area contributed by atoms with Crippen LogP contribution in [0.15, 0.2) is 67.3 Å². The molecule has 7 heteroatoms. The summed E-state index contributed by atoms with van der Waals surface area (Å²) in [6, 6.07) is 11.6. The fourth-order valence-corrected chi connectivity index (χ4v) is 3.08. The third kappa shape index (κ3) is 3.39. The number of amides is 1. The molecule has 0 fully saturated rings. The van der Waals surface area contributed by atoms with Crippen molar-refractivity contribution in [2.45, 2.75) is 6.54 Å². The maximum absolute atomic E-state index is 13.9. The topological polar surface area (TPSA) is 59.3 Å². The number of aromatic nitrogens is 3. The summed E-state index contributed by atoms with van der Waals surface area (Å²) in [5.41, 5.74) is 3.13. The number of carbonyl (C=O) groups is 1. The molecule has 0 atom stereocenters. The van der Waals surface area contributed by atoms with Gasteiger partial charge in [0.25, 0.3) is 5.91 Å². The molecule has 0 aliphatic rings. The first-order chi connectivity index (χ1) is 13.1. The molecule has 2 aromatic heterocycles. The van der Waals surface area contributed by atoms with E-state index in [2.05, 4.69) is 15.3 Å². The van der Waals surface area contributed by atoms with Crippen LogP contribution < -0.4 is 5.32 Å². The molecule has 1 amide bonds. The summed E-state index contributed by atoms with van der Waals surface area (Å²) in [6.07, 6.45) is 6.88. The first-order valence-corrected chi connectivity index (χ1v) is 8.60. The molecule has 2 aromatic carbocycles. The SMILES string of the molecule is O=C(NCc1c(F)cccc1Cl)c1cccc(-c2cnc3cnccn23)c1. The van der Waals surface area contributed by atoms with E-state index in [1.807, 2.05) is 16.7 Å². The van der Waals surface area contributed by atoms with Crippen LogP contribution in [0.25, 0.3) is 16.9 Å². The Hall–Kier alpha value is -3.25. The number of carbonyl (C=O) groups excluding carboxylic acids is 1. The molecule has 0 saturated carbocycles. The van der Waals surface area contributed by atoms with E-state index in [0.717, 1.165) is 16.9 Å². The standard InChI is InChI=1S/C20H14ClFN4O/c21-16-5-2-6-17(22)15(16)10-25-20(27)14-4-1-3-13(9-14)18-11-24-19-12-23-7-8-26(18)19/h1-9,11-12H,10H2,(H,25,27). The first kappa shape index (κ1) is 17.2. The predicted octanol–water partition coefficient (Wildman–Crippen LogP) is 4.12. The molecule has 0 saturated heterocycles. The minimum Gasteiger partial charge on any atom is -0.348 e. The molecule has 0 spiro atoms. The summed E-state index contributed by atoms with van der Waals surface area (Å²) in [5.74, 6) is -0.762. The lowest BCUT2D eigenvalue weighted by molar-refractivity contribution is 0.0950. The quantitative estimate of drug-likeness (QED) is 0.579. The highest BCUT2D eigenvalue weighted by Gasteiger charge is 2.12. The van der Waals surface area contributed by atoms with Gasteiger partial charge in [0.2, 0.25) is 0 Å².